The molecule has 0 radical (unpaired) electrons. The number of carbonyl (C=O) groups is 1. The van der Waals surface area contributed by atoms with Gasteiger partial charge in [-0.15, -0.1) is 6.58 Å². The minimum absolute atomic E-state index is 0.000753. The summed E-state index contributed by atoms with van der Waals surface area (Å²) in [5, 5.41) is 0. The molecule has 392 valence electrons. The van der Waals surface area contributed by atoms with Crippen LogP contribution in [0.25, 0.3) is 0 Å². The third kappa shape index (κ3) is 13.5. The summed E-state index contributed by atoms with van der Waals surface area (Å²) >= 11 is 3.36. The normalized spacial score (nSPS) is 19.3. The number of ether oxygens (including phenoxy) is 2. The Hall–Kier alpha value is 0.410. The lowest BCUT2D eigenvalue weighted by atomic mass is 9.87. The highest BCUT2D eigenvalue weighted by Crippen LogP contribution is 2.64. The first-order valence-electron chi connectivity index (χ1n) is 18.7. The summed E-state index contributed by atoms with van der Waals surface area (Å²) in [7, 11) is 0. The number of hydrogen-bond acceptors (Lipinski definition) is 3. The molecule has 1 aliphatic rings. The molecule has 0 aromatic rings. The van der Waals surface area contributed by atoms with E-state index in [9.17, 15) is 110 Å². The van der Waals surface area contributed by atoms with Crippen LogP contribution in [0.15, 0.2) is 12.7 Å². The predicted octanol–water partition coefficient (Wildman–Crippen LogP) is 16.0. The van der Waals surface area contributed by atoms with Crippen LogP contribution in [0.2, 0.25) is 0 Å². The Balaban J connectivity index is 3.04. The molecule has 0 aromatic carbocycles. The van der Waals surface area contributed by atoms with Crippen molar-refractivity contribution in [2.24, 2.45) is 0 Å². The van der Waals surface area contributed by atoms with Crippen molar-refractivity contribution in [1.29, 1.82) is 0 Å². The van der Waals surface area contributed by atoms with Crippen LogP contribution in [0.4, 0.5) is 105 Å². The van der Waals surface area contributed by atoms with E-state index >= 15 is 0 Å². The monoisotopic (exact) mass is 1470 g/mol. The molecule has 1 heterocycles. The van der Waals surface area contributed by atoms with E-state index in [-0.39, 0.29) is 25.9 Å². The quantitative estimate of drug-likeness (QED) is 0.0132. The van der Waals surface area contributed by atoms with Gasteiger partial charge in [0.1, 0.15) is 16.1 Å². The number of halogens is 28. The van der Waals surface area contributed by atoms with Crippen molar-refractivity contribution < 1.29 is 120 Å². The van der Waals surface area contributed by atoms with Crippen molar-refractivity contribution in [2.75, 3.05) is 13.2 Å². The van der Waals surface area contributed by atoms with E-state index < -0.39 is 156 Å². The maximum atomic E-state index is 14.6. The number of epoxide rings is 1. The summed E-state index contributed by atoms with van der Waals surface area (Å²) in [6, 6.07) is 0. The van der Waals surface area contributed by atoms with Crippen LogP contribution in [-0.4, -0.2) is 112 Å². The van der Waals surface area contributed by atoms with Gasteiger partial charge in [0.15, 0.2) is 0 Å². The van der Waals surface area contributed by atoms with E-state index in [1.54, 1.807) is 0 Å². The summed E-state index contributed by atoms with van der Waals surface area (Å²) in [4.78, 5) is 12.1. The fourth-order valence-electron chi connectivity index (χ4n) is 5.70. The van der Waals surface area contributed by atoms with Crippen LogP contribution in [-0.2, 0) is 14.3 Å². The smallest absolute Gasteiger partial charge is 0.384 e. The molecule has 5 atom stereocenters. The molecular formula is C35H38F24I4O3. The molecule has 5 unspecified atom stereocenters. The molecule has 0 amide bonds. The number of esters is 1. The largest absolute Gasteiger partial charge is 0.462 e. The van der Waals surface area contributed by atoms with Gasteiger partial charge >= 0.3 is 77.0 Å². The van der Waals surface area contributed by atoms with Crippen molar-refractivity contribution in [3.8, 4) is 0 Å². The Morgan fingerprint density at radius 3 is 1.09 bits per heavy atom. The first-order valence-corrected chi connectivity index (χ1v) is 23.5. The second-order valence-corrected chi connectivity index (χ2v) is 23.3. The van der Waals surface area contributed by atoms with E-state index in [0.29, 0.717) is 35.9 Å². The van der Waals surface area contributed by atoms with Gasteiger partial charge in [0.25, 0.3) is 0 Å². The predicted molar refractivity (Wildman–Crippen MR) is 222 cm³/mol. The van der Waals surface area contributed by atoms with Gasteiger partial charge in [0.05, 0.1) is 6.61 Å². The summed E-state index contributed by atoms with van der Waals surface area (Å²) in [5.74, 6) is -88.9. The summed E-state index contributed by atoms with van der Waals surface area (Å²) in [6.45, 7) is 3.07. The van der Waals surface area contributed by atoms with Crippen LogP contribution in [0.1, 0.15) is 84.0 Å². The van der Waals surface area contributed by atoms with Crippen molar-refractivity contribution in [1.82, 2.24) is 0 Å². The molecule has 1 rings (SSSR count). The van der Waals surface area contributed by atoms with Crippen molar-refractivity contribution in [2.45, 2.75) is 176 Å². The SMILES string of the molecule is C=CCCCCC(I)CC(F)(F)C(F)(F)C(F)(F)C(F)(F)C(F)(F)C(F)(F)CC(I)CCCCC(I)CC(F)(F)C(F)(F)C(F)(F)C(F)(F)C(F)(F)C(F)(F)CC(C)(I)C(=O)OCC1CO1. The van der Waals surface area contributed by atoms with Gasteiger partial charge in [0, 0.05) is 37.5 Å². The van der Waals surface area contributed by atoms with Crippen molar-refractivity contribution >= 4 is 96.3 Å². The minimum Gasteiger partial charge on any atom is -0.462 e. The Morgan fingerprint density at radius 2 is 0.818 bits per heavy atom. The Morgan fingerprint density at radius 1 is 0.545 bits per heavy atom. The molecule has 3 nitrogen and oxygen atoms in total. The van der Waals surface area contributed by atoms with Gasteiger partial charge in [-0.05, 0) is 39.0 Å². The second kappa shape index (κ2) is 22.3. The third-order valence-electron chi connectivity index (χ3n) is 9.88. The summed E-state index contributed by atoms with van der Waals surface area (Å²) in [6.07, 6.45) is -12.7. The molecule has 0 saturated carbocycles. The number of rotatable bonds is 31. The second-order valence-electron chi connectivity index (χ2n) is 15.6. The van der Waals surface area contributed by atoms with Gasteiger partial charge in [-0.2, -0.15) is 105 Å². The molecule has 0 aromatic heterocycles. The fraction of sp³-hybridized carbons (Fsp3) is 0.914. The molecule has 0 spiro atoms. The van der Waals surface area contributed by atoms with Crippen molar-refractivity contribution in [3.05, 3.63) is 12.7 Å². The van der Waals surface area contributed by atoms with Crippen molar-refractivity contribution in [3.63, 3.8) is 0 Å². The van der Waals surface area contributed by atoms with E-state index in [1.165, 1.54) is 6.08 Å². The zero-order chi connectivity index (χ0) is 52.4. The molecule has 0 N–H and O–H groups in total. The lowest BCUT2D eigenvalue weighted by Gasteiger charge is -2.42. The van der Waals surface area contributed by atoms with E-state index in [0.717, 1.165) is 67.8 Å². The summed E-state index contributed by atoms with van der Waals surface area (Å²) in [5.41, 5.74) is 0. The highest BCUT2D eigenvalue weighted by atomic mass is 127. The molecule has 31 heteroatoms. The third-order valence-corrected chi connectivity index (χ3v) is 13.9. The maximum Gasteiger partial charge on any atom is 0.384 e. The number of unbranched alkanes of at least 4 members (excludes halogenated alkanes) is 3. The van der Waals surface area contributed by atoms with Gasteiger partial charge in [-0.1, -0.05) is 116 Å². The van der Waals surface area contributed by atoms with Crippen LogP contribution in [0.5, 0.6) is 0 Å². The first kappa shape index (κ1) is 64.4. The van der Waals surface area contributed by atoms with Gasteiger partial charge in [-0.25, -0.2) is 0 Å². The Labute approximate surface area is 415 Å². The molecule has 0 bridgehead atoms. The molecule has 1 aliphatic heterocycles. The standard InChI is InChI=1S/C35H38F24I4O3/c1-3-4-5-6-9-18(60)12-24(36,37)28(44,45)32(52,53)33(54,55)29(46,47)25(38,39)13-19(61)10-7-8-11-20(62)14-26(40,41)30(48,49)34(56,57)35(58,59)31(50,51)27(42,43)17-23(2,63)22(64)66-16-21-15-65-21/h3,18-21H,1,4-17H2,2H3. The lowest BCUT2D eigenvalue weighted by Crippen LogP contribution is -2.71. The van der Waals surface area contributed by atoms with Gasteiger partial charge < -0.3 is 9.47 Å². The number of carbonyl (C=O) groups excluding carboxylic acids is 1. The van der Waals surface area contributed by atoms with Crippen LogP contribution in [0.3, 0.4) is 0 Å². The Kier molecular flexibility index (Phi) is 21.7. The van der Waals surface area contributed by atoms with E-state index in [4.69, 9.17) is 0 Å². The first-order chi connectivity index (χ1) is 29.2. The summed E-state index contributed by atoms with van der Waals surface area (Å²) < 4.78 is 349. The number of hydrogen-bond donors (Lipinski definition) is 0. The average Bonchev–Trinajstić information content (AvgIpc) is 3.97. The number of alkyl halides is 28. The maximum absolute atomic E-state index is 14.6. The van der Waals surface area contributed by atoms with Crippen LogP contribution in [0, 0.1) is 0 Å². The molecule has 1 fully saturated rings. The lowest BCUT2D eigenvalue weighted by molar-refractivity contribution is -0.425. The molecule has 66 heavy (non-hydrogen) atoms. The Bertz CT molecular complexity index is 1610. The van der Waals surface area contributed by atoms with Crippen LogP contribution >= 0.6 is 90.4 Å². The molecule has 0 aliphatic carbocycles. The molecule has 1 saturated heterocycles. The highest BCUT2D eigenvalue weighted by Gasteiger charge is 2.91. The van der Waals surface area contributed by atoms with E-state index in [2.05, 4.69) is 16.1 Å². The zero-order valence-electron chi connectivity index (χ0n) is 33.3. The van der Waals surface area contributed by atoms with E-state index in [1.807, 2.05) is 0 Å². The average molecular weight is 1470 g/mol. The number of allylic oxidation sites excluding steroid dienone is 1. The topological polar surface area (TPSA) is 38.8 Å². The highest BCUT2D eigenvalue weighted by molar-refractivity contribution is 14.1. The van der Waals surface area contributed by atoms with Gasteiger partial charge in [0.2, 0.25) is 0 Å². The zero-order valence-corrected chi connectivity index (χ0v) is 41.9. The fourth-order valence-corrected chi connectivity index (χ4v) is 9.32. The van der Waals surface area contributed by atoms with Gasteiger partial charge in [-0.3, -0.25) is 4.79 Å². The molecular weight excluding hydrogens is 1430 g/mol. The minimum atomic E-state index is -7.99. The van der Waals surface area contributed by atoms with Crippen LogP contribution < -0.4 is 0 Å².